The predicted octanol–water partition coefficient (Wildman–Crippen LogP) is 1.48. The molecule has 4 N–H and O–H groups in total. The number of esters is 1. The molecule has 18 heavy (non-hydrogen) atoms. The molecule has 0 unspecified atom stereocenters. The molecule has 5 heteroatoms. The first kappa shape index (κ1) is 14.8. The monoisotopic (exact) mass is 255 g/mol. The smallest absolute Gasteiger partial charge is 0.308 e. The van der Waals surface area contributed by atoms with Crippen LogP contribution in [0.4, 0.5) is 0 Å². The predicted molar refractivity (Wildman–Crippen MR) is 71.2 cm³/mol. The number of guanidine groups is 1. The van der Waals surface area contributed by atoms with Crippen LogP contribution >= 0.6 is 0 Å². The number of carbonyl (C=O) groups is 1. The van der Waals surface area contributed by atoms with Crippen LogP contribution in [0.5, 0.6) is 0 Å². The van der Waals surface area contributed by atoms with E-state index < -0.39 is 0 Å². The van der Waals surface area contributed by atoms with E-state index in [1.54, 1.807) is 0 Å². The molecule has 0 aromatic carbocycles. The molecule has 1 aliphatic carbocycles. The summed E-state index contributed by atoms with van der Waals surface area (Å²) in [5.41, 5.74) is 5.25. The number of hydrogen-bond donors (Lipinski definition) is 3. The molecule has 104 valence electrons. The second-order valence-electron chi connectivity index (χ2n) is 5.54. The van der Waals surface area contributed by atoms with Gasteiger partial charge in [-0.05, 0) is 37.5 Å². The van der Waals surface area contributed by atoms with E-state index in [9.17, 15) is 4.79 Å². The van der Waals surface area contributed by atoms with Crippen molar-refractivity contribution in [2.45, 2.75) is 39.5 Å². The molecule has 0 amide bonds. The van der Waals surface area contributed by atoms with Crippen LogP contribution < -0.4 is 11.1 Å². The van der Waals surface area contributed by atoms with Gasteiger partial charge in [-0.15, -0.1) is 0 Å². The van der Waals surface area contributed by atoms with Gasteiger partial charge in [0.05, 0.1) is 12.5 Å². The van der Waals surface area contributed by atoms with E-state index >= 15 is 0 Å². The highest BCUT2D eigenvalue weighted by molar-refractivity contribution is 5.74. The molecule has 1 saturated carbocycles. The summed E-state index contributed by atoms with van der Waals surface area (Å²) in [5.74, 6) is 0.959. The molecule has 0 aliphatic heterocycles. The van der Waals surface area contributed by atoms with E-state index in [1.165, 1.54) is 0 Å². The molecule has 0 heterocycles. The number of ether oxygens (including phenoxy) is 1. The Hall–Kier alpha value is -1.26. The van der Waals surface area contributed by atoms with Crippen molar-refractivity contribution in [3.8, 4) is 0 Å². The summed E-state index contributed by atoms with van der Waals surface area (Å²) in [6.45, 7) is 5.34. The Balaban J connectivity index is 2.22. The lowest BCUT2D eigenvalue weighted by molar-refractivity contribution is -0.151. The molecular formula is C13H25N3O2. The van der Waals surface area contributed by atoms with Crippen molar-refractivity contribution >= 4 is 11.9 Å². The van der Waals surface area contributed by atoms with Gasteiger partial charge in [0.25, 0.3) is 0 Å². The summed E-state index contributed by atoms with van der Waals surface area (Å²) in [4.78, 5) is 11.8. The van der Waals surface area contributed by atoms with Crippen molar-refractivity contribution < 1.29 is 9.53 Å². The van der Waals surface area contributed by atoms with Crippen molar-refractivity contribution in [1.82, 2.24) is 5.32 Å². The first-order chi connectivity index (χ1) is 8.49. The fraction of sp³-hybridized carbons (Fsp3) is 0.846. The van der Waals surface area contributed by atoms with Gasteiger partial charge in [-0.1, -0.05) is 13.8 Å². The first-order valence-electron chi connectivity index (χ1n) is 6.73. The van der Waals surface area contributed by atoms with Crippen molar-refractivity contribution in [1.29, 1.82) is 5.41 Å². The fourth-order valence-electron chi connectivity index (χ4n) is 2.22. The van der Waals surface area contributed by atoms with E-state index in [1.807, 2.05) is 13.8 Å². The van der Waals surface area contributed by atoms with Crippen LogP contribution in [0.2, 0.25) is 0 Å². The highest BCUT2D eigenvalue weighted by Crippen LogP contribution is 2.29. The zero-order valence-electron chi connectivity index (χ0n) is 11.4. The minimum absolute atomic E-state index is 0.0217. The second kappa shape index (κ2) is 7.24. The maximum absolute atomic E-state index is 11.8. The lowest BCUT2D eigenvalue weighted by atomic mass is 9.82. The summed E-state index contributed by atoms with van der Waals surface area (Å²) >= 11 is 0. The van der Waals surface area contributed by atoms with Crippen LogP contribution in [0.3, 0.4) is 0 Å². The summed E-state index contributed by atoms with van der Waals surface area (Å²) in [7, 11) is 0. The normalized spacial score (nSPS) is 23.7. The molecule has 0 saturated heterocycles. The molecule has 5 nitrogen and oxygen atoms in total. The highest BCUT2D eigenvalue weighted by Gasteiger charge is 2.27. The Bertz CT molecular complexity index is 284. The number of hydrogen-bond acceptors (Lipinski definition) is 3. The Morgan fingerprint density at radius 1 is 1.39 bits per heavy atom. The Morgan fingerprint density at radius 2 is 2.00 bits per heavy atom. The third-order valence-corrected chi connectivity index (χ3v) is 3.32. The van der Waals surface area contributed by atoms with Gasteiger partial charge in [0, 0.05) is 6.54 Å². The average Bonchev–Trinajstić information content (AvgIpc) is 2.34. The van der Waals surface area contributed by atoms with Crippen molar-refractivity contribution in [2.75, 3.05) is 13.2 Å². The van der Waals surface area contributed by atoms with Crippen molar-refractivity contribution in [2.24, 2.45) is 23.5 Å². The molecule has 1 fully saturated rings. The number of nitrogens with two attached hydrogens (primary N) is 1. The first-order valence-corrected chi connectivity index (χ1v) is 6.73. The van der Waals surface area contributed by atoms with Crippen LogP contribution in [-0.2, 0) is 9.53 Å². The van der Waals surface area contributed by atoms with Crippen LogP contribution in [-0.4, -0.2) is 25.1 Å². The number of rotatable bonds is 5. The summed E-state index contributed by atoms with van der Waals surface area (Å²) in [6, 6.07) is 0. The van der Waals surface area contributed by atoms with Crippen LogP contribution in [0.25, 0.3) is 0 Å². The van der Waals surface area contributed by atoms with Gasteiger partial charge < -0.3 is 15.8 Å². The molecule has 1 aliphatic rings. The molecule has 0 bridgehead atoms. The maximum atomic E-state index is 11.8. The highest BCUT2D eigenvalue weighted by atomic mass is 16.5. The number of nitrogens with one attached hydrogen (secondary N) is 2. The lowest BCUT2D eigenvalue weighted by Gasteiger charge is -2.27. The van der Waals surface area contributed by atoms with Crippen LogP contribution in [0, 0.1) is 23.2 Å². The van der Waals surface area contributed by atoms with Crippen LogP contribution in [0.15, 0.2) is 0 Å². The van der Waals surface area contributed by atoms with Gasteiger partial charge >= 0.3 is 5.97 Å². The third kappa shape index (κ3) is 5.38. The minimum Gasteiger partial charge on any atom is -0.465 e. The standard InChI is InChI=1S/C13H25N3O2/c1-9(2)8-18-12(17)11-5-3-10(4-6-11)7-16-13(14)15/h9-11H,3-8H2,1-2H3,(H4,14,15,16). The molecule has 0 spiro atoms. The van der Waals surface area contributed by atoms with Gasteiger partial charge in [-0.25, -0.2) is 0 Å². The Morgan fingerprint density at radius 3 is 2.50 bits per heavy atom. The third-order valence-electron chi connectivity index (χ3n) is 3.32. The topological polar surface area (TPSA) is 88.2 Å². The largest absolute Gasteiger partial charge is 0.465 e. The summed E-state index contributed by atoms with van der Waals surface area (Å²) in [6.07, 6.45) is 3.78. The van der Waals surface area contributed by atoms with E-state index in [2.05, 4.69) is 5.32 Å². The SMILES string of the molecule is CC(C)COC(=O)C1CCC(CNC(=N)N)CC1. The van der Waals surface area contributed by atoms with Gasteiger partial charge in [0.1, 0.15) is 0 Å². The quantitative estimate of drug-likeness (QED) is 0.394. The Labute approximate surface area is 109 Å². The Kier molecular flexibility index (Phi) is 5.95. The summed E-state index contributed by atoms with van der Waals surface area (Å²) < 4.78 is 5.27. The average molecular weight is 255 g/mol. The lowest BCUT2D eigenvalue weighted by Crippen LogP contribution is -2.36. The van der Waals surface area contributed by atoms with Gasteiger partial charge in [-0.2, -0.15) is 0 Å². The van der Waals surface area contributed by atoms with Crippen molar-refractivity contribution in [3.05, 3.63) is 0 Å². The molecule has 0 radical (unpaired) electrons. The molecular weight excluding hydrogens is 230 g/mol. The second-order valence-corrected chi connectivity index (χ2v) is 5.54. The van der Waals surface area contributed by atoms with Crippen molar-refractivity contribution in [3.63, 3.8) is 0 Å². The van der Waals surface area contributed by atoms with Crippen LogP contribution in [0.1, 0.15) is 39.5 Å². The molecule has 1 rings (SSSR count). The summed E-state index contributed by atoms with van der Waals surface area (Å²) in [5, 5.41) is 9.95. The zero-order valence-corrected chi connectivity index (χ0v) is 11.4. The minimum atomic E-state index is -0.0401. The number of carbonyl (C=O) groups excluding carboxylic acids is 1. The van der Waals surface area contributed by atoms with E-state index in [0.29, 0.717) is 18.4 Å². The van der Waals surface area contributed by atoms with Gasteiger partial charge in [0.2, 0.25) is 0 Å². The van der Waals surface area contributed by atoms with E-state index in [4.69, 9.17) is 15.9 Å². The maximum Gasteiger partial charge on any atom is 0.308 e. The fourth-order valence-corrected chi connectivity index (χ4v) is 2.22. The van der Waals surface area contributed by atoms with Gasteiger partial charge in [0.15, 0.2) is 5.96 Å². The molecule has 0 aromatic rings. The van der Waals surface area contributed by atoms with Gasteiger partial charge in [-0.3, -0.25) is 10.2 Å². The molecule has 0 atom stereocenters. The van der Waals surface area contributed by atoms with E-state index in [0.717, 1.165) is 32.2 Å². The van der Waals surface area contributed by atoms with E-state index in [-0.39, 0.29) is 17.8 Å². The zero-order chi connectivity index (χ0) is 13.5. The molecule has 0 aromatic heterocycles.